The van der Waals surface area contributed by atoms with Crippen LogP contribution in [0.15, 0.2) is 246 Å². The van der Waals surface area contributed by atoms with E-state index in [9.17, 15) is 8.78 Å². The van der Waals surface area contributed by atoms with E-state index in [1.807, 2.05) is 157 Å². The zero-order chi connectivity index (χ0) is 85.4. The van der Waals surface area contributed by atoms with Crippen molar-refractivity contribution in [1.29, 1.82) is 0 Å². The third-order valence-corrected chi connectivity index (χ3v) is 18.8. The summed E-state index contributed by atoms with van der Waals surface area (Å²) in [7, 11) is 0. The van der Waals surface area contributed by atoms with Crippen LogP contribution < -0.4 is 60.3 Å². The molecule has 34 heteroatoms. The Morgan fingerprint density at radius 3 is 1.11 bits per heavy atom. The third-order valence-electron chi connectivity index (χ3n) is 18.8. The molecule has 16 rings (SSSR count). The van der Waals surface area contributed by atoms with E-state index >= 15 is 0 Å². The number of alkyl halides is 2. The molecule has 0 bridgehead atoms. The number of aromatic nitrogens is 12. The van der Waals surface area contributed by atoms with Crippen LogP contribution in [-0.4, -0.2) is 210 Å². The topological polar surface area (TPSA) is 339 Å². The number of nitrogens with one attached hydrogen (secondary N) is 4. The first-order chi connectivity index (χ1) is 60.9. The van der Waals surface area contributed by atoms with Crippen LogP contribution in [-0.2, 0) is 44.3 Å². The van der Waals surface area contributed by atoms with Crippen molar-refractivity contribution in [3.63, 3.8) is 0 Å². The van der Waals surface area contributed by atoms with Gasteiger partial charge in [0.1, 0.15) is 35.6 Å². The zero-order valence-corrected chi connectivity index (χ0v) is 69.2. The van der Waals surface area contributed by atoms with Crippen molar-refractivity contribution in [2.75, 3.05) is 166 Å². The molecule has 0 aliphatic carbocycles. The highest BCUT2D eigenvalue weighted by molar-refractivity contribution is 5.82. The van der Waals surface area contributed by atoms with Crippen molar-refractivity contribution in [1.82, 2.24) is 59.8 Å². The van der Waals surface area contributed by atoms with Gasteiger partial charge in [0.05, 0.1) is 96.6 Å². The summed E-state index contributed by atoms with van der Waals surface area (Å²) in [4.78, 5) is 60.5. The van der Waals surface area contributed by atoms with Crippen molar-refractivity contribution in [2.45, 2.75) is 46.1 Å². The van der Waals surface area contributed by atoms with Crippen LogP contribution in [0.4, 0.5) is 55.3 Å². The molecule has 0 radical (unpaired) electrons. The van der Waals surface area contributed by atoms with E-state index in [-0.39, 0.29) is 11.7 Å². The first kappa shape index (κ1) is 87.6. The number of rotatable bonds is 31. The molecule has 4 aliphatic heterocycles. The maximum atomic E-state index is 14.5. The monoisotopic (exact) mass is 1680 g/mol. The van der Waals surface area contributed by atoms with E-state index in [0.717, 1.165) is 101 Å². The lowest BCUT2D eigenvalue weighted by Crippen LogP contribution is -2.37. The van der Waals surface area contributed by atoms with E-state index < -0.39 is 12.5 Å². The molecule has 0 atom stereocenters. The molecule has 11 heterocycles. The molecule has 0 spiro atoms. The van der Waals surface area contributed by atoms with Gasteiger partial charge in [-0.2, -0.15) is 69.1 Å². The summed E-state index contributed by atoms with van der Waals surface area (Å²) in [5, 5.41) is 17.2. The fraction of sp³-hybridized carbons (Fsp3) is 0.289. The molecule has 4 fully saturated rings. The van der Waals surface area contributed by atoms with Gasteiger partial charge in [0.15, 0.2) is 29.9 Å². The number of pyridine rings is 2. The summed E-state index contributed by atoms with van der Waals surface area (Å²) in [5.74, 6) is 1.66. The zero-order valence-electron chi connectivity index (χ0n) is 69.2. The lowest BCUT2D eigenvalue weighted by atomic mass is 10.2. The van der Waals surface area contributed by atoms with E-state index in [2.05, 4.69) is 155 Å². The summed E-state index contributed by atoms with van der Waals surface area (Å²) in [6, 6.07) is 62.1. The molecule has 5 aromatic carbocycles. The summed E-state index contributed by atoms with van der Waals surface area (Å²) < 4.78 is 73.6. The van der Waals surface area contributed by atoms with Crippen LogP contribution in [0.25, 0.3) is 0 Å². The van der Waals surface area contributed by atoms with Crippen LogP contribution in [0.1, 0.15) is 61.6 Å². The van der Waals surface area contributed by atoms with Gasteiger partial charge in [-0.3, -0.25) is 41.6 Å². The smallest absolute Gasteiger partial charge is 0.322 e. The minimum atomic E-state index is -3.30. The second kappa shape index (κ2) is 47.1. The predicted octanol–water partition coefficient (Wildman–Crippen LogP) is 12.5. The number of hydrogen-bond donors (Lipinski definition) is 4. The molecule has 12 aromatic rings. The van der Waals surface area contributed by atoms with E-state index in [0.29, 0.717) is 146 Å². The van der Waals surface area contributed by atoms with E-state index in [4.69, 9.17) is 37.9 Å². The Hall–Kier alpha value is -14.2. The van der Waals surface area contributed by atoms with Crippen molar-refractivity contribution < 1.29 is 46.7 Å². The number of benzene rings is 5. The molecule has 124 heavy (non-hydrogen) atoms. The van der Waals surface area contributed by atoms with Gasteiger partial charge in [-0.15, -0.1) is 0 Å². The van der Waals surface area contributed by atoms with Crippen LogP contribution in [0, 0.1) is 20.8 Å². The summed E-state index contributed by atoms with van der Waals surface area (Å²) >= 11 is 0. The minimum Gasteiger partial charge on any atom is -0.463 e. The molecule has 4 aliphatic rings. The number of nitrogens with zero attached hydrogens (tertiary/aromatic N) is 20. The number of ether oxygens (including phenoxy) is 8. The quantitative estimate of drug-likeness (QED) is 0.0232. The number of aryl methyl sites for hydroxylation is 3. The molecule has 4 N–H and O–H groups in total. The number of anilines is 8. The molecule has 32 nitrogen and oxygen atoms in total. The van der Waals surface area contributed by atoms with Gasteiger partial charge in [0, 0.05) is 126 Å². The minimum absolute atomic E-state index is 0.178. The van der Waals surface area contributed by atoms with E-state index in [1.54, 1.807) is 61.8 Å². The van der Waals surface area contributed by atoms with Gasteiger partial charge >= 0.3 is 30.0 Å². The highest BCUT2D eigenvalue weighted by atomic mass is 19.3. The first-order valence-corrected chi connectivity index (χ1v) is 40.7. The molecular weight excluding hydrogens is 1580 g/mol. The molecule has 4 saturated heterocycles. The Morgan fingerprint density at radius 1 is 0.363 bits per heavy atom. The van der Waals surface area contributed by atoms with Crippen molar-refractivity contribution in [3.05, 3.63) is 287 Å². The Labute approximate surface area is 718 Å². The number of hydrazone groups is 4. The predicted molar refractivity (Wildman–Crippen MR) is 474 cm³/mol. The lowest BCUT2D eigenvalue weighted by molar-refractivity contribution is -0.0527. The van der Waals surface area contributed by atoms with Crippen molar-refractivity contribution in [2.24, 2.45) is 20.4 Å². The SMILES string of the molecule is C(=N\Nc1cc(N2CCOCC2)nc(OCCc2ccccn2)n1)/c1ccccc1.Cc1cccc(/C=N/Nc2cc(N3CCOCC3)nc(OCC(F)(F)c3ccccn3)n2)c1.Cc1cccc(/C=N/Nc2cc(N3CCOCC3)nc(OCCc3cnccn3)n2)c1.Cc1cccc(/C=N/Nc2cc(N3CCOCC3)nc(OCc3ccccc3)n2)c1. The number of morpholine rings is 4. The van der Waals surface area contributed by atoms with E-state index in [1.165, 1.54) is 29.5 Å². The highest BCUT2D eigenvalue weighted by Gasteiger charge is 2.35. The largest absolute Gasteiger partial charge is 0.463 e. The second-order valence-electron chi connectivity index (χ2n) is 28.3. The molecule has 7 aromatic heterocycles. The Balaban J connectivity index is 0.000000142. The number of halogens is 2. The fourth-order valence-electron chi connectivity index (χ4n) is 12.5. The highest BCUT2D eigenvalue weighted by Crippen LogP contribution is 2.30. The summed E-state index contributed by atoms with van der Waals surface area (Å²) in [6.45, 7) is 17.4. The van der Waals surface area contributed by atoms with Gasteiger partial charge in [0.25, 0.3) is 0 Å². The van der Waals surface area contributed by atoms with Crippen LogP contribution in [0.2, 0.25) is 0 Å². The van der Waals surface area contributed by atoms with Gasteiger partial charge in [0.2, 0.25) is 0 Å². The molecular formula is C90H98F2N24O8. The van der Waals surface area contributed by atoms with Crippen molar-refractivity contribution >= 4 is 71.4 Å². The second-order valence-corrected chi connectivity index (χ2v) is 28.3. The average molecular weight is 1680 g/mol. The Bertz CT molecular complexity index is 5360. The van der Waals surface area contributed by atoms with Crippen LogP contribution in [0.5, 0.6) is 24.0 Å². The Morgan fingerprint density at radius 2 is 0.726 bits per heavy atom. The van der Waals surface area contributed by atoms with Crippen LogP contribution >= 0.6 is 0 Å². The maximum absolute atomic E-state index is 14.5. The van der Waals surface area contributed by atoms with Gasteiger partial charge < -0.3 is 57.5 Å². The first-order valence-electron chi connectivity index (χ1n) is 40.7. The standard InChI is InChI=1S/C23H24F2N6O2.C23H25N5O2.C22H25N7O2.C22H24N6O2/c1-17-5-4-6-18(13-17)15-27-30-20-14-21(31-9-11-32-12-10-31)29-22(28-20)33-16-23(24,25)19-7-2-3-8-26-19;1-18-6-5-9-20(14-18)16-24-27-21-15-22(28-10-12-29-13-11-28)26-23(25-21)30-17-19-7-3-2-4-8-19;1-17-3-2-4-18(13-17)15-25-28-20-14-21(29-8-11-30-12-9-29)27-22(26-20)31-10-5-19-16-23-6-7-24-19;1-2-6-18(7-3-1)17-24-27-20-16-21(28-11-14-29-15-12-28)26-22(25-20)30-13-9-19-8-4-5-10-23-19/h2-8,13-15H,9-12,16H2,1H3,(H,28,29,30);2-9,14-16H,10-13,17H2,1H3,(H,25,26,27);2-4,6-7,13-16H,5,8-12H2,1H3,(H,26,27,28);1-8,10,16-17H,9,11-15H2,(H,25,26,27)/b27-15+;24-16+;25-15+;24-17+. The van der Waals surface area contributed by atoms with Crippen molar-refractivity contribution in [3.8, 4) is 24.0 Å². The summed E-state index contributed by atoms with van der Waals surface area (Å²) in [5.41, 5.74) is 21.8. The third kappa shape index (κ3) is 29.3. The molecule has 0 amide bonds. The molecule has 0 saturated carbocycles. The average Bonchev–Trinajstić information content (AvgIpc) is 0.839. The van der Waals surface area contributed by atoms with Gasteiger partial charge in [-0.1, -0.05) is 162 Å². The van der Waals surface area contributed by atoms with Gasteiger partial charge in [-0.05, 0) is 72.9 Å². The Kier molecular flexibility index (Phi) is 33.3. The number of hydrogen-bond acceptors (Lipinski definition) is 32. The normalized spacial score (nSPS) is 14.2. The lowest BCUT2D eigenvalue weighted by Gasteiger charge is -2.28. The van der Waals surface area contributed by atoms with Gasteiger partial charge in [-0.25, -0.2) is 0 Å². The van der Waals surface area contributed by atoms with Crippen LogP contribution in [0.3, 0.4) is 0 Å². The maximum Gasteiger partial charge on any atom is 0.322 e. The summed E-state index contributed by atoms with van der Waals surface area (Å²) in [6.07, 6.45) is 16.4. The fourth-order valence-corrected chi connectivity index (χ4v) is 12.5. The molecule has 0 unspecified atom stereocenters. The molecule has 640 valence electrons.